The maximum atomic E-state index is 13.5. The molecule has 5 rings (SSSR count). The van der Waals surface area contributed by atoms with E-state index in [1.54, 1.807) is 12.1 Å². The molecule has 1 atom stereocenters. The number of hydrogen-bond donors (Lipinski definition) is 1. The van der Waals surface area contributed by atoms with Crippen molar-refractivity contribution in [1.29, 1.82) is 0 Å². The van der Waals surface area contributed by atoms with E-state index >= 15 is 0 Å². The molecule has 3 heterocycles. The summed E-state index contributed by atoms with van der Waals surface area (Å²) in [4.78, 5) is 18.5. The smallest absolute Gasteiger partial charge is 0.416 e. The molecule has 6 nitrogen and oxygen atoms in total. The van der Waals surface area contributed by atoms with Crippen LogP contribution in [0.4, 0.5) is 19.0 Å². The Labute approximate surface area is 179 Å². The van der Waals surface area contributed by atoms with Gasteiger partial charge in [0, 0.05) is 33.2 Å². The van der Waals surface area contributed by atoms with E-state index in [2.05, 4.69) is 4.98 Å². The van der Waals surface area contributed by atoms with E-state index in [1.165, 1.54) is 6.07 Å². The fraction of sp³-hybridized carbons (Fsp3) is 0.273. The molecule has 3 aromatic rings. The Hall–Kier alpha value is -3.33. The van der Waals surface area contributed by atoms with Crippen LogP contribution in [0.5, 0.6) is 5.75 Å². The van der Waals surface area contributed by atoms with Gasteiger partial charge in [0.25, 0.3) is 5.91 Å². The lowest BCUT2D eigenvalue weighted by Gasteiger charge is -2.24. The molecule has 0 aliphatic carbocycles. The summed E-state index contributed by atoms with van der Waals surface area (Å²) < 4.78 is 74.0. The lowest BCUT2D eigenvalue weighted by molar-refractivity contribution is -0.137. The van der Waals surface area contributed by atoms with E-state index in [-0.39, 0.29) is 30.1 Å². The van der Waals surface area contributed by atoms with Crippen molar-refractivity contribution >= 4 is 22.6 Å². The molecule has 160 valence electrons. The van der Waals surface area contributed by atoms with Gasteiger partial charge in [-0.3, -0.25) is 4.79 Å². The Morgan fingerprint density at radius 1 is 1.23 bits per heavy atom. The zero-order chi connectivity index (χ0) is 24.4. The highest BCUT2D eigenvalue weighted by atomic mass is 19.4. The van der Waals surface area contributed by atoms with Crippen LogP contribution in [0.2, 0.25) is 0 Å². The summed E-state index contributed by atoms with van der Waals surface area (Å²) in [6.45, 7) is -2.59. The third kappa shape index (κ3) is 3.16. The molecule has 2 aromatic carbocycles. The van der Waals surface area contributed by atoms with Gasteiger partial charge in [-0.2, -0.15) is 13.2 Å². The van der Waals surface area contributed by atoms with E-state index in [9.17, 15) is 18.0 Å². The quantitative estimate of drug-likeness (QED) is 0.661. The molecule has 1 aromatic heterocycles. The Bertz CT molecular complexity index is 1330. The first-order valence-corrected chi connectivity index (χ1v) is 9.41. The summed E-state index contributed by atoms with van der Waals surface area (Å²) in [5.41, 5.74) is 7.39. The number of hydrogen-bond acceptors (Lipinski definition) is 5. The third-order valence-corrected chi connectivity index (χ3v) is 5.60. The van der Waals surface area contributed by atoms with Crippen LogP contribution in [-0.4, -0.2) is 29.4 Å². The third-order valence-electron chi connectivity index (χ3n) is 5.60. The topological polar surface area (TPSA) is 77.7 Å². The summed E-state index contributed by atoms with van der Waals surface area (Å²) in [6, 6.07) is 6.28. The Balaban J connectivity index is 1.56. The fourth-order valence-electron chi connectivity index (χ4n) is 3.97. The molecular weight excluding hydrogens is 411 g/mol. The van der Waals surface area contributed by atoms with Gasteiger partial charge in [0.1, 0.15) is 18.2 Å². The van der Waals surface area contributed by atoms with Gasteiger partial charge in [-0.25, -0.2) is 4.98 Å². The molecular formula is C22H18F3N3O3. The molecule has 0 unspecified atom stereocenters. The number of aromatic nitrogens is 1. The zero-order valence-corrected chi connectivity index (χ0v) is 16.0. The van der Waals surface area contributed by atoms with E-state index in [0.717, 1.165) is 29.3 Å². The van der Waals surface area contributed by atoms with Crippen molar-refractivity contribution in [2.24, 2.45) is 0 Å². The molecule has 0 fully saturated rings. The molecule has 0 saturated heterocycles. The number of amides is 1. The molecule has 2 aliphatic heterocycles. The van der Waals surface area contributed by atoms with Crippen LogP contribution in [0.1, 0.15) is 42.8 Å². The fourth-order valence-corrected chi connectivity index (χ4v) is 3.97. The number of nitrogen functional groups attached to an aromatic ring is 1. The predicted molar refractivity (Wildman–Crippen MR) is 106 cm³/mol. The van der Waals surface area contributed by atoms with Crippen molar-refractivity contribution in [2.45, 2.75) is 25.4 Å². The van der Waals surface area contributed by atoms with Gasteiger partial charge in [-0.15, -0.1) is 0 Å². The van der Waals surface area contributed by atoms with Gasteiger partial charge >= 0.3 is 6.18 Å². The number of likely N-dealkylation sites (N-methyl/N-ethyl adjacent to an activating group) is 1. The molecule has 0 radical (unpaired) electrons. The van der Waals surface area contributed by atoms with E-state index in [1.807, 2.05) is 0 Å². The van der Waals surface area contributed by atoms with Crippen molar-refractivity contribution in [3.05, 3.63) is 64.2 Å². The second kappa shape index (κ2) is 6.84. The molecule has 0 saturated carbocycles. The number of anilines is 1. The summed E-state index contributed by atoms with van der Waals surface area (Å²) in [7, 11) is 0. The highest BCUT2D eigenvalue weighted by molar-refractivity contribution is 5.99. The number of benzene rings is 2. The van der Waals surface area contributed by atoms with Crippen LogP contribution in [0.3, 0.4) is 0 Å². The van der Waals surface area contributed by atoms with Gasteiger partial charge < -0.3 is 20.1 Å². The summed E-state index contributed by atoms with van der Waals surface area (Å²) in [5, 5.41) is 0.621. The minimum atomic E-state index is -4.58. The van der Waals surface area contributed by atoms with E-state index < -0.39 is 30.7 Å². The second-order valence-electron chi connectivity index (χ2n) is 7.43. The van der Waals surface area contributed by atoms with Crippen LogP contribution >= 0.6 is 0 Å². The number of alkyl halides is 3. The van der Waals surface area contributed by atoms with Crippen LogP contribution in [0, 0.1) is 0 Å². The Morgan fingerprint density at radius 3 is 2.81 bits per heavy atom. The number of carbonyl (C=O) groups excluding carboxylic acids is 1. The number of rotatable bonds is 2. The largest absolute Gasteiger partial charge is 0.491 e. The van der Waals surface area contributed by atoms with Crippen molar-refractivity contribution < 1.29 is 31.6 Å². The van der Waals surface area contributed by atoms with E-state index in [0.29, 0.717) is 28.2 Å². The molecule has 1 amide bonds. The van der Waals surface area contributed by atoms with Crippen molar-refractivity contribution in [3.63, 3.8) is 0 Å². The molecule has 31 heavy (non-hydrogen) atoms. The first-order valence-electron chi connectivity index (χ1n) is 10.9. The monoisotopic (exact) mass is 432 g/mol. The molecule has 2 aliphatic rings. The van der Waals surface area contributed by atoms with E-state index in [4.69, 9.17) is 19.3 Å². The van der Waals surface area contributed by atoms with Crippen LogP contribution in [-0.2, 0) is 24.1 Å². The lowest BCUT2D eigenvalue weighted by Crippen LogP contribution is -2.32. The standard InChI is InChI=1S/C22H18F3N3O3/c1-28(18-10-31-19-7-12(22(23,24)25)3-4-13(18)19)21(29)11-2-5-17-14(6-11)15-8-30-9-16(15)20(26)27-17/h2-7,18H,8-10H2,1H3,(H2,26,27)/t18-/m1/s1/i1D3. The SMILES string of the molecule is [2H]C([2H])([2H])N(C(=O)c1ccc2nc(N)c3c(c2c1)COC3)[C@@H]1COc2cc(C(F)(F)F)ccc21. The Morgan fingerprint density at radius 2 is 2.03 bits per heavy atom. The minimum Gasteiger partial charge on any atom is -0.491 e. The first-order chi connectivity index (χ1) is 15.9. The predicted octanol–water partition coefficient (Wildman–Crippen LogP) is 4.07. The van der Waals surface area contributed by atoms with Gasteiger partial charge in [0.15, 0.2) is 0 Å². The number of ether oxygens (including phenoxy) is 2. The molecule has 9 heteroatoms. The Kier molecular flexibility index (Phi) is 3.62. The highest BCUT2D eigenvalue weighted by Gasteiger charge is 2.36. The van der Waals surface area contributed by atoms with Crippen molar-refractivity contribution in [2.75, 3.05) is 19.3 Å². The zero-order valence-electron chi connectivity index (χ0n) is 19.0. The van der Waals surface area contributed by atoms with Crippen LogP contribution in [0.25, 0.3) is 10.9 Å². The van der Waals surface area contributed by atoms with Gasteiger partial charge in [-0.05, 0) is 35.9 Å². The second-order valence-corrected chi connectivity index (χ2v) is 7.43. The number of nitrogens with two attached hydrogens (primary N) is 1. The van der Waals surface area contributed by atoms with Gasteiger partial charge in [-0.1, -0.05) is 6.07 Å². The maximum Gasteiger partial charge on any atom is 0.416 e. The molecule has 0 bridgehead atoms. The van der Waals surface area contributed by atoms with Crippen molar-refractivity contribution in [3.8, 4) is 5.75 Å². The average molecular weight is 432 g/mol. The average Bonchev–Trinajstić information content (AvgIpc) is 3.40. The van der Waals surface area contributed by atoms with Crippen molar-refractivity contribution in [1.82, 2.24) is 9.88 Å². The summed E-state index contributed by atoms with van der Waals surface area (Å²) in [5.74, 6) is -0.580. The van der Waals surface area contributed by atoms with Gasteiger partial charge in [0.2, 0.25) is 0 Å². The number of fused-ring (bicyclic) bond motifs is 4. The first kappa shape index (κ1) is 16.4. The number of halogens is 3. The van der Waals surface area contributed by atoms with Crippen LogP contribution < -0.4 is 10.5 Å². The molecule has 0 spiro atoms. The number of nitrogens with zero attached hydrogens (tertiary/aromatic N) is 2. The normalized spacial score (nSPS) is 19.2. The lowest BCUT2D eigenvalue weighted by atomic mass is 10.0. The van der Waals surface area contributed by atoms with Gasteiger partial charge in [0.05, 0.1) is 30.3 Å². The van der Waals surface area contributed by atoms with Crippen LogP contribution in [0.15, 0.2) is 36.4 Å². The number of carbonyl (C=O) groups is 1. The minimum absolute atomic E-state index is 0.0876. The maximum absolute atomic E-state index is 13.5. The number of pyridine rings is 1. The molecule has 2 N–H and O–H groups in total. The highest BCUT2D eigenvalue weighted by Crippen LogP contribution is 2.40. The summed E-state index contributed by atoms with van der Waals surface area (Å²) >= 11 is 0. The summed E-state index contributed by atoms with van der Waals surface area (Å²) in [6.07, 6.45) is -4.58.